The molecule has 0 bridgehead atoms. The first-order valence-electron chi connectivity index (χ1n) is 9.43. The maximum Gasteiger partial charge on any atom is 0 e. The molecule has 150 valence electrons. The van der Waals surface area contributed by atoms with E-state index in [9.17, 15) is 0 Å². The molecule has 0 radical (unpaired) electrons. The summed E-state index contributed by atoms with van der Waals surface area (Å²) in [6.45, 7) is 4.61. The molecule has 4 rings (SSSR count). The van der Waals surface area contributed by atoms with Gasteiger partial charge in [-0.1, -0.05) is 121 Å². The number of hydrogen-bond acceptors (Lipinski definition) is 0. The van der Waals surface area contributed by atoms with Crippen molar-refractivity contribution in [1.29, 1.82) is 0 Å². The summed E-state index contributed by atoms with van der Waals surface area (Å²) in [5.41, 5.74) is 0. The second-order valence-corrected chi connectivity index (χ2v) is 10.8. The smallest absolute Gasteiger partial charge is 0 e. The molecule has 0 atom stereocenters. The second kappa shape index (κ2) is 12.9. The van der Waals surface area contributed by atoms with Crippen LogP contribution in [0.5, 0.6) is 0 Å². The van der Waals surface area contributed by atoms with Crippen LogP contribution >= 0.6 is 15.8 Å². The minimum absolute atomic E-state index is 0. The van der Waals surface area contributed by atoms with Crippen LogP contribution in [0, 0.1) is 0 Å². The van der Waals surface area contributed by atoms with Crippen LogP contribution in [0.1, 0.15) is 0 Å². The summed E-state index contributed by atoms with van der Waals surface area (Å²) in [5, 5.41) is 5.75. The van der Waals surface area contributed by atoms with Gasteiger partial charge in [-0.25, -0.2) is 0 Å². The van der Waals surface area contributed by atoms with Gasteiger partial charge in [0, 0.05) is 20.4 Å². The third-order valence-corrected chi connectivity index (χ3v) is 8.86. The fraction of sp³-hybridized carbons (Fsp3) is 0.0769. The molecule has 0 aromatic heterocycles. The molecule has 0 saturated heterocycles. The standard InChI is InChI=1S/2C13H13P.Pd/c2*1-14(12-8-4-2-5-9-12)13-10-6-3-7-11-13;/h2*2-11H,1H3;. The van der Waals surface area contributed by atoms with Crippen LogP contribution in [-0.2, 0) is 20.4 Å². The molecule has 0 aliphatic carbocycles. The number of benzene rings is 4. The van der Waals surface area contributed by atoms with Crippen molar-refractivity contribution in [3.05, 3.63) is 121 Å². The van der Waals surface area contributed by atoms with E-state index in [0.717, 1.165) is 0 Å². The summed E-state index contributed by atoms with van der Waals surface area (Å²) < 4.78 is 0. The monoisotopic (exact) mass is 506 g/mol. The first-order valence-corrected chi connectivity index (χ1v) is 13.0. The predicted octanol–water partition coefficient (Wildman–Crippen LogP) is 5.50. The zero-order valence-electron chi connectivity index (χ0n) is 16.8. The SMILES string of the molecule is CP(c1ccccc1)c1ccccc1.CP(c1ccccc1)c1ccccc1.[Pd]. The van der Waals surface area contributed by atoms with E-state index in [1.165, 1.54) is 21.2 Å². The molecule has 0 amide bonds. The van der Waals surface area contributed by atoms with Crippen molar-refractivity contribution in [1.82, 2.24) is 0 Å². The van der Waals surface area contributed by atoms with Crippen molar-refractivity contribution in [2.24, 2.45) is 0 Å². The van der Waals surface area contributed by atoms with Gasteiger partial charge in [0.1, 0.15) is 0 Å². The van der Waals surface area contributed by atoms with E-state index in [1.807, 2.05) is 0 Å². The first-order chi connectivity index (χ1) is 13.8. The number of rotatable bonds is 4. The van der Waals surface area contributed by atoms with Gasteiger partial charge in [-0.3, -0.25) is 0 Å². The van der Waals surface area contributed by atoms with Gasteiger partial charge >= 0.3 is 0 Å². The van der Waals surface area contributed by atoms with Gasteiger partial charge in [0.2, 0.25) is 0 Å². The van der Waals surface area contributed by atoms with E-state index in [4.69, 9.17) is 0 Å². The molecule has 0 aliphatic heterocycles. The van der Waals surface area contributed by atoms with Crippen LogP contribution in [0.4, 0.5) is 0 Å². The molecule has 0 heterocycles. The zero-order valence-corrected chi connectivity index (χ0v) is 20.1. The molecule has 4 aromatic carbocycles. The Morgan fingerprint density at radius 3 is 0.690 bits per heavy atom. The van der Waals surface area contributed by atoms with E-state index in [2.05, 4.69) is 135 Å². The summed E-state index contributed by atoms with van der Waals surface area (Å²) in [7, 11) is -0.342. The van der Waals surface area contributed by atoms with Crippen molar-refractivity contribution in [2.45, 2.75) is 0 Å². The fourth-order valence-electron chi connectivity index (χ4n) is 2.90. The van der Waals surface area contributed by atoms with Gasteiger partial charge in [0.25, 0.3) is 0 Å². The summed E-state index contributed by atoms with van der Waals surface area (Å²) in [6.07, 6.45) is 0. The molecule has 0 N–H and O–H groups in total. The normalized spacial score (nSPS) is 10.1. The van der Waals surface area contributed by atoms with E-state index in [-0.39, 0.29) is 36.3 Å². The molecular formula is C26H26P2Pd. The Balaban J connectivity index is 0.000000200. The molecular weight excluding hydrogens is 481 g/mol. The maximum atomic E-state index is 2.31. The third kappa shape index (κ3) is 7.30. The Bertz CT molecular complexity index is 769. The molecule has 0 saturated carbocycles. The molecule has 0 spiro atoms. The minimum Gasteiger partial charge on any atom is -0.0622 e. The van der Waals surface area contributed by atoms with E-state index >= 15 is 0 Å². The quantitative estimate of drug-likeness (QED) is 0.253. The van der Waals surface area contributed by atoms with Crippen LogP contribution in [0.25, 0.3) is 0 Å². The van der Waals surface area contributed by atoms with Crippen molar-refractivity contribution in [3.63, 3.8) is 0 Å². The largest absolute Gasteiger partial charge is 0.0622 e. The van der Waals surface area contributed by atoms with E-state index in [0.29, 0.717) is 0 Å². The second-order valence-electron chi connectivity index (χ2n) is 6.46. The van der Waals surface area contributed by atoms with Crippen molar-refractivity contribution in [2.75, 3.05) is 13.3 Å². The Morgan fingerprint density at radius 2 is 0.517 bits per heavy atom. The Labute approximate surface area is 191 Å². The molecule has 29 heavy (non-hydrogen) atoms. The molecule has 0 unspecified atom stereocenters. The van der Waals surface area contributed by atoms with Gasteiger partial charge in [-0.05, 0) is 50.4 Å². The fourth-order valence-corrected chi connectivity index (χ4v) is 5.98. The average molecular weight is 507 g/mol. The van der Waals surface area contributed by atoms with Crippen LogP contribution in [0.15, 0.2) is 121 Å². The van der Waals surface area contributed by atoms with Gasteiger partial charge in [0.15, 0.2) is 0 Å². The van der Waals surface area contributed by atoms with E-state index < -0.39 is 0 Å². The van der Waals surface area contributed by atoms with Crippen LogP contribution in [0.3, 0.4) is 0 Å². The topological polar surface area (TPSA) is 0 Å². The first kappa shape index (κ1) is 23.7. The predicted molar refractivity (Wildman–Crippen MR) is 130 cm³/mol. The summed E-state index contributed by atoms with van der Waals surface area (Å²) in [5.74, 6) is 0. The van der Waals surface area contributed by atoms with E-state index in [1.54, 1.807) is 0 Å². The van der Waals surface area contributed by atoms with Gasteiger partial charge < -0.3 is 0 Å². The average Bonchev–Trinajstić information content (AvgIpc) is 2.81. The Kier molecular flexibility index (Phi) is 10.5. The third-order valence-electron chi connectivity index (χ3n) is 4.57. The van der Waals surface area contributed by atoms with Crippen molar-refractivity contribution >= 4 is 37.1 Å². The summed E-state index contributed by atoms with van der Waals surface area (Å²) >= 11 is 0. The van der Waals surface area contributed by atoms with Crippen molar-refractivity contribution < 1.29 is 20.4 Å². The van der Waals surface area contributed by atoms with Crippen LogP contribution in [-0.4, -0.2) is 13.3 Å². The van der Waals surface area contributed by atoms with Gasteiger partial charge in [0.05, 0.1) is 0 Å². The maximum absolute atomic E-state index is 2.31. The summed E-state index contributed by atoms with van der Waals surface area (Å²) in [4.78, 5) is 0. The molecule has 0 nitrogen and oxygen atoms in total. The van der Waals surface area contributed by atoms with Gasteiger partial charge in [-0.2, -0.15) is 0 Å². The van der Waals surface area contributed by atoms with Crippen molar-refractivity contribution in [3.8, 4) is 0 Å². The summed E-state index contributed by atoms with van der Waals surface area (Å²) in [6, 6.07) is 42.8. The van der Waals surface area contributed by atoms with Crippen LogP contribution in [0.2, 0.25) is 0 Å². The molecule has 0 aliphatic rings. The minimum atomic E-state index is -0.171. The number of hydrogen-bond donors (Lipinski definition) is 0. The molecule has 4 aromatic rings. The zero-order chi connectivity index (χ0) is 19.6. The van der Waals surface area contributed by atoms with Gasteiger partial charge in [-0.15, -0.1) is 0 Å². The Hall–Kier alpha value is -1.60. The molecule has 3 heteroatoms. The Morgan fingerprint density at radius 1 is 0.345 bits per heavy atom. The van der Waals surface area contributed by atoms with Crippen LogP contribution < -0.4 is 21.2 Å². The molecule has 0 fully saturated rings.